The summed E-state index contributed by atoms with van der Waals surface area (Å²) < 4.78 is 5.48. The summed E-state index contributed by atoms with van der Waals surface area (Å²) in [5.41, 5.74) is 0.940. The normalized spacial score (nSPS) is 12.7. The molecule has 0 aliphatic carbocycles. The predicted molar refractivity (Wildman–Crippen MR) is 61.2 cm³/mol. The molecule has 0 fully saturated rings. The van der Waals surface area contributed by atoms with Crippen molar-refractivity contribution in [2.24, 2.45) is 0 Å². The summed E-state index contributed by atoms with van der Waals surface area (Å²) in [5, 5.41) is 0.482. The van der Waals surface area contributed by atoms with Gasteiger partial charge in [-0.3, -0.25) is 0 Å². The van der Waals surface area contributed by atoms with Gasteiger partial charge in [0.1, 0.15) is 5.38 Å². The number of rotatable bonds is 2. The van der Waals surface area contributed by atoms with Crippen molar-refractivity contribution in [3.05, 3.63) is 41.4 Å². The maximum Gasteiger partial charge on any atom is 0.212 e. The van der Waals surface area contributed by atoms with Crippen LogP contribution in [0.15, 0.2) is 34.9 Å². The zero-order chi connectivity index (χ0) is 10.8. The van der Waals surface area contributed by atoms with Crippen LogP contribution >= 0.6 is 23.2 Å². The lowest BCUT2D eigenvalue weighted by molar-refractivity contribution is 0.508. The Labute approximate surface area is 97.8 Å². The Balaban J connectivity index is 2.33. The third kappa shape index (κ3) is 2.33. The minimum atomic E-state index is -0.217. The van der Waals surface area contributed by atoms with Crippen LogP contribution < -0.4 is 0 Å². The van der Waals surface area contributed by atoms with Crippen molar-refractivity contribution in [3.8, 4) is 11.3 Å². The number of benzene rings is 1. The lowest BCUT2D eigenvalue weighted by Gasteiger charge is -1.97. The first kappa shape index (κ1) is 10.5. The topological polar surface area (TPSA) is 26.0 Å². The molecule has 0 radical (unpaired) electrons. The second-order valence-corrected chi connectivity index (χ2v) is 4.28. The maximum absolute atomic E-state index is 5.85. The predicted octanol–water partition coefficient (Wildman–Crippen LogP) is 4.29. The Morgan fingerprint density at radius 1 is 1.27 bits per heavy atom. The Morgan fingerprint density at radius 2 is 1.93 bits per heavy atom. The Kier molecular flexibility index (Phi) is 2.98. The molecule has 1 aromatic carbocycles. The van der Waals surface area contributed by atoms with Crippen molar-refractivity contribution < 1.29 is 4.42 Å². The number of hydrogen-bond donors (Lipinski definition) is 0. The molecular formula is C11H9Cl2NO. The minimum Gasteiger partial charge on any atom is -0.439 e. The Hall–Kier alpha value is -0.990. The number of oxazole rings is 1. The van der Waals surface area contributed by atoms with Crippen LogP contribution in [0.5, 0.6) is 0 Å². The van der Waals surface area contributed by atoms with E-state index in [4.69, 9.17) is 27.6 Å². The Bertz CT molecular complexity index is 448. The van der Waals surface area contributed by atoms with Crippen molar-refractivity contribution in [3.63, 3.8) is 0 Å². The van der Waals surface area contributed by atoms with E-state index in [1.807, 2.05) is 31.2 Å². The lowest BCUT2D eigenvalue weighted by atomic mass is 10.2. The van der Waals surface area contributed by atoms with Gasteiger partial charge >= 0.3 is 0 Å². The average molecular weight is 242 g/mol. The van der Waals surface area contributed by atoms with E-state index in [9.17, 15) is 0 Å². The van der Waals surface area contributed by atoms with Gasteiger partial charge in [0.25, 0.3) is 0 Å². The summed E-state index contributed by atoms with van der Waals surface area (Å²) in [6.45, 7) is 1.82. The fourth-order valence-electron chi connectivity index (χ4n) is 1.22. The molecule has 0 unspecified atom stereocenters. The van der Waals surface area contributed by atoms with E-state index in [-0.39, 0.29) is 5.38 Å². The second-order valence-electron chi connectivity index (χ2n) is 3.19. The molecular weight excluding hydrogens is 233 g/mol. The van der Waals surface area contributed by atoms with Crippen LogP contribution in [0.25, 0.3) is 11.3 Å². The Morgan fingerprint density at radius 3 is 2.47 bits per heavy atom. The first-order chi connectivity index (χ1) is 7.16. The smallest absolute Gasteiger partial charge is 0.212 e. The number of aromatic nitrogens is 1. The fourth-order valence-corrected chi connectivity index (χ4v) is 1.45. The van der Waals surface area contributed by atoms with Crippen LogP contribution in [0.3, 0.4) is 0 Å². The van der Waals surface area contributed by atoms with Gasteiger partial charge in [-0.05, 0) is 31.2 Å². The van der Waals surface area contributed by atoms with E-state index in [1.54, 1.807) is 6.20 Å². The quantitative estimate of drug-likeness (QED) is 0.734. The van der Waals surface area contributed by atoms with Gasteiger partial charge in [0.05, 0.1) is 6.20 Å². The molecule has 1 heterocycles. The summed E-state index contributed by atoms with van der Waals surface area (Å²) in [6, 6.07) is 7.38. The van der Waals surface area contributed by atoms with E-state index in [2.05, 4.69) is 4.98 Å². The van der Waals surface area contributed by atoms with Gasteiger partial charge in [0, 0.05) is 10.6 Å². The second kappa shape index (κ2) is 4.25. The van der Waals surface area contributed by atoms with E-state index < -0.39 is 0 Å². The largest absolute Gasteiger partial charge is 0.439 e. The molecule has 2 nitrogen and oxygen atoms in total. The zero-order valence-electron chi connectivity index (χ0n) is 8.08. The van der Waals surface area contributed by atoms with Crippen LogP contribution in [0.4, 0.5) is 0 Å². The van der Waals surface area contributed by atoms with E-state index >= 15 is 0 Å². The summed E-state index contributed by atoms with van der Waals surface area (Å²) in [7, 11) is 0. The van der Waals surface area contributed by atoms with E-state index in [1.165, 1.54) is 0 Å². The van der Waals surface area contributed by atoms with Gasteiger partial charge in [-0.2, -0.15) is 0 Å². The highest BCUT2D eigenvalue weighted by Gasteiger charge is 2.10. The molecule has 1 atom stereocenters. The molecule has 78 valence electrons. The highest BCUT2D eigenvalue weighted by molar-refractivity contribution is 6.30. The monoisotopic (exact) mass is 241 g/mol. The number of halogens is 2. The maximum atomic E-state index is 5.85. The van der Waals surface area contributed by atoms with E-state index in [0.717, 1.165) is 5.56 Å². The highest BCUT2D eigenvalue weighted by Crippen LogP contribution is 2.26. The van der Waals surface area contributed by atoms with Crippen LogP contribution in [0.1, 0.15) is 18.2 Å². The molecule has 0 aliphatic heterocycles. The molecule has 2 rings (SSSR count). The van der Waals surface area contributed by atoms with Gasteiger partial charge in [-0.1, -0.05) is 11.6 Å². The minimum absolute atomic E-state index is 0.217. The summed E-state index contributed by atoms with van der Waals surface area (Å²) in [6.07, 6.45) is 1.66. The highest BCUT2D eigenvalue weighted by atomic mass is 35.5. The van der Waals surface area contributed by atoms with Crippen LogP contribution in [-0.4, -0.2) is 4.98 Å². The molecule has 4 heteroatoms. The molecule has 0 N–H and O–H groups in total. The van der Waals surface area contributed by atoms with Crippen LogP contribution in [0, 0.1) is 0 Å². The van der Waals surface area contributed by atoms with Crippen molar-refractivity contribution in [2.75, 3.05) is 0 Å². The average Bonchev–Trinajstić information content (AvgIpc) is 2.68. The van der Waals surface area contributed by atoms with Crippen molar-refractivity contribution in [1.82, 2.24) is 4.98 Å². The molecule has 0 amide bonds. The lowest BCUT2D eigenvalue weighted by Crippen LogP contribution is -1.80. The van der Waals surface area contributed by atoms with Crippen LogP contribution in [-0.2, 0) is 0 Å². The molecule has 0 saturated heterocycles. The van der Waals surface area contributed by atoms with Crippen molar-refractivity contribution >= 4 is 23.2 Å². The fraction of sp³-hybridized carbons (Fsp3) is 0.182. The van der Waals surface area contributed by atoms with Crippen molar-refractivity contribution in [1.29, 1.82) is 0 Å². The standard InChI is InChI=1S/C11H9Cl2NO/c1-7(12)11-14-6-10(15-11)8-2-4-9(13)5-3-8/h2-7H,1H3/t7-/m0/s1. The van der Waals surface area contributed by atoms with E-state index in [0.29, 0.717) is 16.7 Å². The molecule has 2 aromatic rings. The third-order valence-electron chi connectivity index (χ3n) is 1.99. The summed E-state index contributed by atoms with van der Waals surface area (Å²) in [4.78, 5) is 4.08. The third-order valence-corrected chi connectivity index (χ3v) is 2.43. The molecule has 1 aromatic heterocycles. The molecule has 0 aliphatic rings. The molecule has 0 spiro atoms. The zero-order valence-corrected chi connectivity index (χ0v) is 9.59. The molecule has 0 saturated carbocycles. The summed E-state index contributed by atoms with van der Waals surface area (Å²) in [5.74, 6) is 1.23. The SMILES string of the molecule is C[C@H](Cl)c1ncc(-c2ccc(Cl)cc2)o1. The van der Waals surface area contributed by atoms with Gasteiger partial charge in [0.2, 0.25) is 5.89 Å². The molecule has 0 bridgehead atoms. The number of alkyl halides is 1. The first-order valence-electron chi connectivity index (χ1n) is 4.52. The summed E-state index contributed by atoms with van der Waals surface area (Å²) >= 11 is 11.6. The van der Waals surface area contributed by atoms with Crippen LogP contribution in [0.2, 0.25) is 5.02 Å². The first-order valence-corrected chi connectivity index (χ1v) is 5.34. The van der Waals surface area contributed by atoms with Gasteiger partial charge < -0.3 is 4.42 Å². The number of nitrogens with zero attached hydrogens (tertiary/aromatic N) is 1. The van der Waals surface area contributed by atoms with Gasteiger partial charge in [0.15, 0.2) is 5.76 Å². The van der Waals surface area contributed by atoms with Gasteiger partial charge in [-0.15, -0.1) is 11.6 Å². The number of hydrogen-bond acceptors (Lipinski definition) is 2. The van der Waals surface area contributed by atoms with Gasteiger partial charge in [-0.25, -0.2) is 4.98 Å². The molecule has 15 heavy (non-hydrogen) atoms. The van der Waals surface area contributed by atoms with Crippen molar-refractivity contribution in [2.45, 2.75) is 12.3 Å².